The van der Waals surface area contributed by atoms with Crippen LogP contribution in [0.15, 0.2) is 102 Å². The molecule has 5 rings (SSSR count). The molecule has 0 spiro atoms. The van der Waals surface area contributed by atoms with E-state index in [0.29, 0.717) is 23.8 Å². The molecule has 0 radical (unpaired) electrons. The molecule has 186 valence electrons. The number of pyridine rings is 1. The first-order valence-corrected chi connectivity index (χ1v) is 13.2. The zero-order valence-electron chi connectivity index (χ0n) is 19.9. The van der Waals surface area contributed by atoms with Gasteiger partial charge in [-0.3, -0.25) is 4.98 Å². The van der Waals surface area contributed by atoms with Crippen LogP contribution in [0.1, 0.15) is 5.69 Å². The minimum absolute atomic E-state index is 0.0666. The zero-order valence-corrected chi connectivity index (χ0v) is 20.7. The second kappa shape index (κ2) is 10.8. The first-order chi connectivity index (χ1) is 18.0. The predicted octanol–water partition coefficient (Wildman–Crippen LogP) is 4.24. The van der Waals surface area contributed by atoms with Crippen molar-refractivity contribution in [2.75, 3.05) is 18.5 Å². The van der Waals surface area contributed by atoms with Gasteiger partial charge in [-0.2, -0.15) is 0 Å². The molecule has 9 heteroatoms. The van der Waals surface area contributed by atoms with Crippen LogP contribution < -0.4 is 10.0 Å². The van der Waals surface area contributed by atoms with Crippen LogP contribution in [0.25, 0.3) is 33.4 Å². The van der Waals surface area contributed by atoms with Gasteiger partial charge >= 0.3 is 0 Å². The highest BCUT2D eigenvalue weighted by Crippen LogP contribution is 2.34. The van der Waals surface area contributed by atoms with Gasteiger partial charge in [0, 0.05) is 18.3 Å². The van der Waals surface area contributed by atoms with E-state index in [0.717, 1.165) is 27.7 Å². The van der Waals surface area contributed by atoms with Gasteiger partial charge in [-0.1, -0.05) is 60.7 Å². The first-order valence-electron chi connectivity index (χ1n) is 11.8. The molecule has 5 aromatic rings. The number of aliphatic hydroxyl groups excluding tert-OH is 1. The molecule has 0 aliphatic carbocycles. The van der Waals surface area contributed by atoms with Crippen molar-refractivity contribution in [3.05, 3.63) is 103 Å². The molecule has 8 nitrogen and oxygen atoms in total. The molecule has 2 heterocycles. The van der Waals surface area contributed by atoms with Crippen LogP contribution >= 0.6 is 0 Å². The van der Waals surface area contributed by atoms with Gasteiger partial charge in [0.25, 0.3) is 0 Å². The van der Waals surface area contributed by atoms with Gasteiger partial charge in [-0.05, 0) is 41.5 Å². The van der Waals surface area contributed by atoms with Gasteiger partial charge in [0.15, 0.2) is 5.82 Å². The topological polar surface area (TPSA) is 117 Å². The van der Waals surface area contributed by atoms with Crippen molar-refractivity contribution in [3.8, 4) is 22.5 Å². The SMILES string of the molecule is O=S(=O)(NCCO)c1cccc(-c2nc(NCc3ccccn3)c3c(-c4ccccc4)cccc3n2)c1. The number of benzene rings is 3. The molecular weight excluding hydrogens is 486 g/mol. The summed E-state index contributed by atoms with van der Waals surface area (Å²) in [6.07, 6.45) is 1.74. The molecule has 0 aliphatic heterocycles. The van der Waals surface area contributed by atoms with Crippen LogP contribution in [-0.4, -0.2) is 41.6 Å². The van der Waals surface area contributed by atoms with Crippen molar-refractivity contribution in [2.45, 2.75) is 11.4 Å². The van der Waals surface area contributed by atoms with E-state index in [1.165, 1.54) is 12.1 Å². The second-order valence-electron chi connectivity index (χ2n) is 8.29. The predicted molar refractivity (Wildman–Crippen MR) is 144 cm³/mol. The normalized spacial score (nSPS) is 11.5. The lowest BCUT2D eigenvalue weighted by Gasteiger charge is -2.15. The van der Waals surface area contributed by atoms with E-state index < -0.39 is 10.0 Å². The van der Waals surface area contributed by atoms with Crippen molar-refractivity contribution in [2.24, 2.45) is 0 Å². The van der Waals surface area contributed by atoms with Crippen molar-refractivity contribution < 1.29 is 13.5 Å². The molecule has 37 heavy (non-hydrogen) atoms. The number of hydrogen-bond acceptors (Lipinski definition) is 7. The molecule has 0 atom stereocenters. The summed E-state index contributed by atoms with van der Waals surface area (Å²) >= 11 is 0. The van der Waals surface area contributed by atoms with Crippen LogP contribution in [0.5, 0.6) is 0 Å². The summed E-state index contributed by atoms with van der Waals surface area (Å²) < 4.78 is 27.6. The zero-order chi connectivity index (χ0) is 25.7. The van der Waals surface area contributed by atoms with E-state index in [2.05, 4.69) is 15.0 Å². The summed E-state index contributed by atoms with van der Waals surface area (Å²) in [5.74, 6) is 1.01. The Bertz CT molecular complexity index is 1630. The van der Waals surface area contributed by atoms with E-state index in [-0.39, 0.29) is 18.0 Å². The largest absolute Gasteiger partial charge is 0.395 e. The minimum atomic E-state index is -3.78. The van der Waals surface area contributed by atoms with Crippen LogP contribution in [-0.2, 0) is 16.6 Å². The van der Waals surface area contributed by atoms with E-state index in [9.17, 15) is 8.42 Å². The van der Waals surface area contributed by atoms with Gasteiger partial charge < -0.3 is 10.4 Å². The van der Waals surface area contributed by atoms with Crippen molar-refractivity contribution >= 4 is 26.7 Å². The highest BCUT2D eigenvalue weighted by atomic mass is 32.2. The molecular formula is C28H25N5O3S. The Labute approximate surface area is 215 Å². The number of aliphatic hydroxyl groups is 1. The van der Waals surface area contributed by atoms with Gasteiger partial charge in [0.1, 0.15) is 5.82 Å². The van der Waals surface area contributed by atoms with Gasteiger partial charge in [-0.25, -0.2) is 23.1 Å². The highest BCUT2D eigenvalue weighted by Gasteiger charge is 2.17. The van der Waals surface area contributed by atoms with Gasteiger partial charge in [0.05, 0.1) is 34.6 Å². The number of sulfonamides is 1. The third kappa shape index (κ3) is 5.49. The van der Waals surface area contributed by atoms with E-state index >= 15 is 0 Å². The maximum Gasteiger partial charge on any atom is 0.240 e. The number of nitrogens with one attached hydrogen (secondary N) is 2. The maximum atomic E-state index is 12.6. The van der Waals surface area contributed by atoms with Crippen LogP contribution in [0.3, 0.4) is 0 Å². The molecule has 3 aromatic carbocycles. The third-order valence-electron chi connectivity index (χ3n) is 5.78. The average molecular weight is 512 g/mol. The van der Waals surface area contributed by atoms with E-state index in [1.807, 2.05) is 66.7 Å². The Morgan fingerprint density at radius 3 is 2.38 bits per heavy atom. The summed E-state index contributed by atoms with van der Waals surface area (Å²) in [5, 5.41) is 13.3. The van der Waals surface area contributed by atoms with E-state index in [1.54, 1.807) is 18.3 Å². The quantitative estimate of drug-likeness (QED) is 0.271. The molecule has 0 bridgehead atoms. The summed E-state index contributed by atoms with van der Waals surface area (Å²) in [6, 6.07) is 28.1. The average Bonchev–Trinajstić information content (AvgIpc) is 2.95. The molecule has 0 saturated heterocycles. The third-order valence-corrected chi connectivity index (χ3v) is 7.24. The molecule has 3 N–H and O–H groups in total. The lowest BCUT2D eigenvalue weighted by molar-refractivity contribution is 0.301. The lowest BCUT2D eigenvalue weighted by atomic mass is 10.0. The van der Waals surface area contributed by atoms with Crippen molar-refractivity contribution in [1.29, 1.82) is 0 Å². The summed E-state index contributed by atoms with van der Waals surface area (Å²) in [4.78, 5) is 14.1. The Balaban J connectivity index is 1.64. The highest BCUT2D eigenvalue weighted by molar-refractivity contribution is 7.89. The number of rotatable bonds is 9. The monoisotopic (exact) mass is 511 g/mol. The minimum Gasteiger partial charge on any atom is -0.395 e. The van der Waals surface area contributed by atoms with Crippen molar-refractivity contribution in [1.82, 2.24) is 19.7 Å². The Hall–Kier alpha value is -4.18. The lowest BCUT2D eigenvalue weighted by Crippen LogP contribution is -2.26. The van der Waals surface area contributed by atoms with Gasteiger partial charge in [0.2, 0.25) is 10.0 Å². The van der Waals surface area contributed by atoms with E-state index in [4.69, 9.17) is 15.1 Å². The molecule has 0 fully saturated rings. The molecule has 0 saturated carbocycles. The fourth-order valence-corrected chi connectivity index (χ4v) is 5.11. The van der Waals surface area contributed by atoms with Crippen molar-refractivity contribution in [3.63, 3.8) is 0 Å². The number of nitrogens with zero attached hydrogens (tertiary/aromatic N) is 3. The smallest absolute Gasteiger partial charge is 0.240 e. The number of anilines is 1. The summed E-state index contributed by atoms with van der Waals surface area (Å²) in [5.41, 5.74) is 4.16. The van der Waals surface area contributed by atoms with Gasteiger partial charge in [-0.15, -0.1) is 0 Å². The standard InChI is InChI=1S/C28H25N5O3S/c34-17-16-31-37(35,36)23-12-6-10-21(18-23)27-32-25-14-7-13-24(20-8-2-1-3-9-20)26(25)28(33-27)30-19-22-11-4-5-15-29-22/h1-15,18,31,34H,16-17,19H2,(H,30,32,33). The number of fused-ring (bicyclic) bond motifs is 1. The molecule has 2 aromatic heterocycles. The number of aromatic nitrogens is 3. The fraction of sp³-hybridized carbons (Fsp3) is 0.107. The van der Waals surface area contributed by atoms with Crippen LogP contribution in [0.2, 0.25) is 0 Å². The Morgan fingerprint density at radius 2 is 1.59 bits per heavy atom. The number of hydrogen-bond donors (Lipinski definition) is 3. The first kappa shape index (κ1) is 24.5. The second-order valence-corrected chi connectivity index (χ2v) is 10.1. The Kier molecular flexibility index (Phi) is 7.18. The van der Waals surface area contributed by atoms with Crippen LogP contribution in [0.4, 0.5) is 5.82 Å². The fourth-order valence-electron chi connectivity index (χ4n) is 4.04. The molecule has 0 amide bonds. The summed E-state index contributed by atoms with van der Waals surface area (Å²) in [7, 11) is -3.78. The molecule has 0 unspecified atom stereocenters. The van der Waals surface area contributed by atoms with Crippen LogP contribution in [0, 0.1) is 0 Å². The Morgan fingerprint density at radius 1 is 0.811 bits per heavy atom. The maximum absolute atomic E-state index is 12.6. The molecule has 0 aliphatic rings. The summed E-state index contributed by atoms with van der Waals surface area (Å²) in [6.45, 7) is 0.0969.